The molecule has 11 aromatic rings. The maximum atomic E-state index is 5.23. The van der Waals surface area contributed by atoms with Crippen LogP contribution in [0.25, 0.3) is 111 Å². The zero-order chi connectivity index (χ0) is 38.4. The van der Waals surface area contributed by atoms with Gasteiger partial charge in [0, 0.05) is 16.7 Å². The second kappa shape index (κ2) is 14.1. The number of rotatable bonds is 6. The van der Waals surface area contributed by atoms with E-state index in [1.807, 2.05) is 6.07 Å². The number of fused-ring (bicyclic) bond motifs is 5. The summed E-state index contributed by atoms with van der Waals surface area (Å²) in [4.78, 5) is 15.6. The first-order valence-electron chi connectivity index (χ1n) is 19.7. The quantitative estimate of drug-likeness (QED) is 0.126. The zero-order valence-electron chi connectivity index (χ0n) is 31.5. The highest BCUT2D eigenvalue weighted by atomic mass is 15.0. The topological polar surface area (TPSA) is 38.7 Å². The molecule has 0 aliphatic carbocycles. The molecule has 0 saturated carbocycles. The molecule has 1 aromatic heterocycles. The Kier molecular flexibility index (Phi) is 8.15. The van der Waals surface area contributed by atoms with Gasteiger partial charge in [0.05, 0.1) is 0 Å². The van der Waals surface area contributed by atoms with Crippen LogP contribution in [0, 0.1) is 0 Å². The van der Waals surface area contributed by atoms with Gasteiger partial charge in [-0.05, 0) is 88.6 Å². The standard InChI is InChI=1S/C55H35N3/c1-2-12-36(13-3-1)38-22-27-41(28-23-38)53-56-54(58-55(57-53)50-21-11-10-19-47(50)45-31-24-37-14-4-5-16-43(37)34-45)42-29-25-40(26-30-42)52-48-20-9-7-17-44(48)35-51-46-18-8-6-15-39(46)32-33-49(51)52/h1-35H. The van der Waals surface area contributed by atoms with Crippen LogP contribution < -0.4 is 0 Å². The molecule has 0 aliphatic heterocycles. The Hall–Kier alpha value is -7.75. The van der Waals surface area contributed by atoms with Crippen LogP contribution in [0.1, 0.15) is 0 Å². The first-order valence-corrected chi connectivity index (χ1v) is 19.7. The maximum Gasteiger partial charge on any atom is 0.164 e. The van der Waals surface area contributed by atoms with Crippen LogP contribution in [-0.2, 0) is 0 Å². The lowest BCUT2D eigenvalue weighted by Gasteiger charge is -2.15. The zero-order valence-corrected chi connectivity index (χ0v) is 31.5. The molecule has 0 aliphatic rings. The molecule has 1 heterocycles. The monoisotopic (exact) mass is 737 g/mol. The first-order chi connectivity index (χ1) is 28.7. The normalized spacial score (nSPS) is 11.4. The van der Waals surface area contributed by atoms with Crippen LogP contribution in [0.3, 0.4) is 0 Å². The minimum absolute atomic E-state index is 0.626. The molecule has 3 nitrogen and oxygen atoms in total. The summed E-state index contributed by atoms with van der Waals surface area (Å²) >= 11 is 0. The van der Waals surface area contributed by atoms with Crippen molar-refractivity contribution in [1.29, 1.82) is 0 Å². The number of aromatic nitrogens is 3. The van der Waals surface area contributed by atoms with Crippen LogP contribution in [0.2, 0.25) is 0 Å². The summed E-state index contributed by atoms with van der Waals surface area (Å²) < 4.78 is 0. The number of hydrogen-bond acceptors (Lipinski definition) is 3. The first kappa shape index (κ1) is 33.6. The Morgan fingerprint density at radius 2 is 0.724 bits per heavy atom. The van der Waals surface area contributed by atoms with Crippen LogP contribution in [0.15, 0.2) is 212 Å². The van der Waals surface area contributed by atoms with E-state index in [0.717, 1.165) is 38.9 Å². The van der Waals surface area contributed by atoms with E-state index in [-0.39, 0.29) is 0 Å². The largest absolute Gasteiger partial charge is 0.208 e. The van der Waals surface area contributed by atoms with Crippen molar-refractivity contribution in [2.75, 3.05) is 0 Å². The second-order valence-corrected chi connectivity index (χ2v) is 14.8. The Morgan fingerprint density at radius 1 is 0.224 bits per heavy atom. The summed E-state index contributed by atoms with van der Waals surface area (Å²) in [6.45, 7) is 0. The molecule has 10 aromatic carbocycles. The Bertz CT molecular complexity index is 3320. The van der Waals surface area contributed by atoms with Crippen molar-refractivity contribution in [3.63, 3.8) is 0 Å². The van der Waals surface area contributed by atoms with E-state index < -0.39 is 0 Å². The van der Waals surface area contributed by atoms with Gasteiger partial charge >= 0.3 is 0 Å². The third-order valence-corrected chi connectivity index (χ3v) is 11.3. The smallest absolute Gasteiger partial charge is 0.164 e. The van der Waals surface area contributed by atoms with Crippen LogP contribution in [0.5, 0.6) is 0 Å². The van der Waals surface area contributed by atoms with Gasteiger partial charge in [-0.25, -0.2) is 15.0 Å². The van der Waals surface area contributed by atoms with E-state index in [1.54, 1.807) is 0 Å². The Balaban J connectivity index is 1.06. The summed E-state index contributed by atoms with van der Waals surface area (Å²) in [5.74, 6) is 1.89. The van der Waals surface area contributed by atoms with Gasteiger partial charge in [-0.2, -0.15) is 0 Å². The van der Waals surface area contributed by atoms with Crippen molar-refractivity contribution in [2.45, 2.75) is 0 Å². The fourth-order valence-electron chi connectivity index (χ4n) is 8.40. The summed E-state index contributed by atoms with van der Waals surface area (Å²) in [7, 11) is 0. The molecule has 11 rings (SSSR count). The van der Waals surface area contributed by atoms with Gasteiger partial charge in [0.25, 0.3) is 0 Å². The molecule has 0 bridgehead atoms. The molecule has 0 saturated heterocycles. The lowest BCUT2D eigenvalue weighted by molar-refractivity contribution is 1.07. The molecule has 270 valence electrons. The third kappa shape index (κ3) is 5.98. The summed E-state index contributed by atoms with van der Waals surface area (Å²) in [6, 6.07) is 75.4. The molecule has 0 spiro atoms. The summed E-state index contributed by atoms with van der Waals surface area (Å²) in [6.07, 6.45) is 0. The van der Waals surface area contributed by atoms with Gasteiger partial charge in [-0.1, -0.05) is 200 Å². The van der Waals surface area contributed by atoms with E-state index in [4.69, 9.17) is 15.0 Å². The fraction of sp³-hybridized carbons (Fsp3) is 0. The van der Waals surface area contributed by atoms with Gasteiger partial charge < -0.3 is 0 Å². The van der Waals surface area contributed by atoms with Crippen molar-refractivity contribution in [3.8, 4) is 67.5 Å². The lowest BCUT2D eigenvalue weighted by atomic mass is 9.89. The minimum Gasteiger partial charge on any atom is -0.208 e. The molecule has 58 heavy (non-hydrogen) atoms. The van der Waals surface area contributed by atoms with Gasteiger partial charge in [-0.15, -0.1) is 0 Å². The number of hydrogen-bond donors (Lipinski definition) is 0. The molecule has 0 atom stereocenters. The van der Waals surface area contributed by atoms with E-state index in [0.29, 0.717) is 17.5 Å². The number of benzene rings is 10. The van der Waals surface area contributed by atoms with Gasteiger partial charge in [-0.3, -0.25) is 0 Å². The van der Waals surface area contributed by atoms with Crippen molar-refractivity contribution in [1.82, 2.24) is 15.0 Å². The van der Waals surface area contributed by atoms with Crippen molar-refractivity contribution >= 4 is 43.1 Å². The van der Waals surface area contributed by atoms with E-state index in [9.17, 15) is 0 Å². The van der Waals surface area contributed by atoms with E-state index in [1.165, 1.54) is 54.2 Å². The SMILES string of the molecule is c1ccc(-c2ccc(-c3nc(-c4ccc(-c5c6ccccc6cc6c5ccc5ccccc56)cc4)nc(-c4ccccc4-c4ccc5ccccc5c4)n3)cc2)cc1. The fourth-order valence-corrected chi connectivity index (χ4v) is 8.40. The molecular formula is C55H35N3. The highest BCUT2D eigenvalue weighted by molar-refractivity contribution is 6.20. The van der Waals surface area contributed by atoms with Gasteiger partial charge in [0.2, 0.25) is 0 Å². The van der Waals surface area contributed by atoms with E-state index >= 15 is 0 Å². The Labute approximate surface area is 336 Å². The molecule has 0 amide bonds. The molecule has 0 N–H and O–H groups in total. The van der Waals surface area contributed by atoms with Crippen LogP contribution >= 0.6 is 0 Å². The van der Waals surface area contributed by atoms with Gasteiger partial charge in [0.15, 0.2) is 17.5 Å². The Morgan fingerprint density at radius 3 is 1.47 bits per heavy atom. The average molecular weight is 738 g/mol. The maximum absolute atomic E-state index is 5.23. The van der Waals surface area contributed by atoms with Crippen molar-refractivity contribution in [3.05, 3.63) is 212 Å². The average Bonchev–Trinajstić information content (AvgIpc) is 3.31. The molecule has 0 radical (unpaired) electrons. The predicted octanol–water partition coefficient (Wildman–Crippen LogP) is 14.5. The third-order valence-electron chi connectivity index (χ3n) is 11.3. The van der Waals surface area contributed by atoms with Crippen LogP contribution in [0.4, 0.5) is 0 Å². The van der Waals surface area contributed by atoms with Crippen LogP contribution in [-0.4, -0.2) is 15.0 Å². The molecular weight excluding hydrogens is 703 g/mol. The highest BCUT2D eigenvalue weighted by Crippen LogP contribution is 2.40. The molecule has 0 unspecified atom stereocenters. The summed E-state index contributed by atoms with van der Waals surface area (Å²) in [5, 5.41) is 9.84. The minimum atomic E-state index is 0.626. The van der Waals surface area contributed by atoms with Crippen molar-refractivity contribution < 1.29 is 0 Å². The predicted molar refractivity (Wildman–Crippen MR) is 242 cm³/mol. The lowest BCUT2D eigenvalue weighted by Crippen LogP contribution is -2.01. The second-order valence-electron chi connectivity index (χ2n) is 14.8. The molecule has 3 heteroatoms. The summed E-state index contributed by atoms with van der Waals surface area (Å²) in [5.41, 5.74) is 9.68. The van der Waals surface area contributed by atoms with Gasteiger partial charge in [0.1, 0.15) is 0 Å². The number of nitrogens with zero attached hydrogens (tertiary/aromatic N) is 3. The highest BCUT2D eigenvalue weighted by Gasteiger charge is 2.17. The van der Waals surface area contributed by atoms with E-state index in [2.05, 4.69) is 206 Å². The molecule has 0 fully saturated rings. The van der Waals surface area contributed by atoms with Crippen molar-refractivity contribution in [2.24, 2.45) is 0 Å².